The number of benzene rings is 1. The van der Waals surface area contributed by atoms with E-state index in [1.165, 1.54) is 7.11 Å². The lowest BCUT2D eigenvalue weighted by Crippen LogP contribution is -2.39. The predicted octanol–water partition coefficient (Wildman–Crippen LogP) is 2.45. The monoisotopic (exact) mass is 298 g/mol. The minimum atomic E-state index is -0.524. The maximum atomic E-state index is 11.7. The van der Waals surface area contributed by atoms with E-state index in [0.717, 1.165) is 0 Å². The number of rotatable bonds is 4. The SMILES string of the molecule is COc1ccc(NC(=O)CNC(=O)C(C)(C)C)cc1Cl. The first-order chi connectivity index (χ1) is 9.24. The van der Waals surface area contributed by atoms with Gasteiger partial charge in [-0.1, -0.05) is 32.4 Å². The van der Waals surface area contributed by atoms with Crippen molar-refractivity contribution in [1.82, 2.24) is 5.32 Å². The molecule has 0 spiro atoms. The Balaban J connectivity index is 2.55. The Morgan fingerprint density at radius 1 is 1.30 bits per heavy atom. The van der Waals surface area contributed by atoms with Crippen LogP contribution in [0.5, 0.6) is 5.75 Å². The lowest BCUT2D eigenvalue weighted by atomic mass is 9.96. The van der Waals surface area contributed by atoms with Crippen LogP contribution in [0.2, 0.25) is 5.02 Å². The van der Waals surface area contributed by atoms with Crippen LogP contribution in [0.1, 0.15) is 20.8 Å². The van der Waals surface area contributed by atoms with Gasteiger partial charge in [0, 0.05) is 11.1 Å². The average molecular weight is 299 g/mol. The summed E-state index contributed by atoms with van der Waals surface area (Å²) in [6.07, 6.45) is 0. The van der Waals surface area contributed by atoms with E-state index in [-0.39, 0.29) is 18.4 Å². The third-order valence-corrected chi connectivity index (χ3v) is 2.82. The van der Waals surface area contributed by atoms with Gasteiger partial charge in [-0.25, -0.2) is 0 Å². The van der Waals surface area contributed by atoms with Gasteiger partial charge < -0.3 is 15.4 Å². The van der Waals surface area contributed by atoms with E-state index in [9.17, 15) is 9.59 Å². The lowest BCUT2D eigenvalue weighted by molar-refractivity contribution is -0.130. The Hall–Kier alpha value is -1.75. The molecule has 0 aromatic heterocycles. The number of nitrogens with one attached hydrogen (secondary N) is 2. The lowest BCUT2D eigenvalue weighted by Gasteiger charge is -2.17. The Bertz CT molecular complexity index is 510. The standard InChI is InChI=1S/C14H19ClN2O3/c1-14(2,3)13(19)16-8-12(18)17-9-5-6-11(20-4)10(15)7-9/h5-7H,8H2,1-4H3,(H,16,19)(H,17,18). The van der Waals surface area contributed by atoms with E-state index in [1.54, 1.807) is 39.0 Å². The highest BCUT2D eigenvalue weighted by molar-refractivity contribution is 6.32. The van der Waals surface area contributed by atoms with Crippen molar-refractivity contribution in [2.24, 2.45) is 5.41 Å². The van der Waals surface area contributed by atoms with Gasteiger partial charge in [-0.05, 0) is 18.2 Å². The van der Waals surface area contributed by atoms with Crippen LogP contribution in [-0.2, 0) is 9.59 Å². The summed E-state index contributed by atoms with van der Waals surface area (Å²) in [5, 5.41) is 5.62. The highest BCUT2D eigenvalue weighted by Crippen LogP contribution is 2.27. The van der Waals surface area contributed by atoms with Crippen LogP contribution in [0.3, 0.4) is 0 Å². The third kappa shape index (κ3) is 4.74. The first kappa shape index (κ1) is 16.3. The molecule has 0 atom stereocenters. The molecule has 6 heteroatoms. The fraction of sp³-hybridized carbons (Fsp3) is 0.429. The van der Waals surface area contributed by atoms with Crippen molar-refractivity contribution >= 4 is 29.1 Å². The van der Waals surface area contributed by atoms with E-state index in [2.05, 4.69) is 10.6 Å². The number of hydrogen-bond donors (Lipinski definition) is 2. The predicted molar refractivity (Wildman–Crippen MR) is 79.1 cm³/mol. The van der Waals surface area contributed by atoms with Gasteiger partial charge in [0.2, 0.25) is 11.8 Å². The third-order valence-electron chi connectivity index (χ3n) is 2.53. The number of amides is 2. The minimum absolute atomic E-state index is 0.0836. The highest BCUT2D eigenvalue weighted by Gasteiger charge is 2.21. The van der Waals surface area contributed by atoms with Crippen molar-refractivity contribution in [2.45, 2.75) is 20.8 Å². The molecule has 0 radical (unpaired) electrons. The Morgan fingerprint density at radius 2 is 1.95 bits per heavy atom. The number of carbonyl (C=O) groups is 2. The second-order valence-electron chi connectivity index (χ2n) is 5.33. The first-order valence-electron chi connectivity index (χ1n) is 6.15. The molecule has 5 nitrogen and oxygen atoms in total. The number of methoxy groups -OCH3 is 1. The van der Waals surface area contributed by atoms with Crippen LogP contribution in [0.4, 0.5) is 5.69 Å². The summed E-state index contributed by atoms with van der Waals surface area (Å²) in [4.78, 5) is 23.3. The van der Waals surface area contributed by atoms with Gasteiger partial charge in [-0.3, -0.25) is 9.59 Å². The maximum absolute atomic E-state index is 11.7. The van der Waals surface area contributed by atoms with Gasteiger partial charge in [0.15, 0.2) is 0 Å². The Morgan fingerprint density at radius 3 is 2.45 bits per heavy atom. The molecule has 2 N–H and O–H groups in total. The van der Waals surface area contributed by atoms with Crippen LogP contribution in [0.25, 0.3) is 0 Å². The van der Waals surface area contributed by atoms with Crippen LogP contribution in [-0.4, -0.2) is 25.5 Å². The van der Waals surface area contributed by atoms with Crippen LogP contribution >= 0.6 is 11.6 Å². The summed E-state index contributed by atoms with van der Waals surface area (Å²) >= 11 is 5.95. The number of hydrogen-bond acceptors (Lipinski definition) is 3. The molecule has 0 aliphatic rings. The molecule has 0 saturated carbocycles. The van der Waals surface area contributed by atoms with Crippen molar-refractivity contribution in [2.75, 3.05) is 19.0 Å². The number of ether oxygens (including phenoxy) is 1. The summed E-state index contributed by atoms with van der Waals surface area (Å²) in [5.74, 6) is 0.0370. The van der Waals surface area contributed by atoms with Crippen molar-refractivity contribution in [3.63, 3.8) is 0 Å². The summed E-state index contributed by atoms with van der Waals surface area (Å²) < 4.78 is 5.02. The average Bonchev–Trinajstić information content (AvgIpc) is 2.35. The molecule has 0 saturated heterocycles. The highest BCUT2D eigenvalue weighted by atomic mass is 35.5. The molecular formula is C14H19ClN2O3. The van der Waals surface area contributed by atoms with Crippen LogP contribution in [0, 0.1) is 5.41 Å². The van der Waals surface area contributed by atoms with Gasteiger partial charge in [-0.15, -0.1) is 0 Å². The molecule has 1 aromatic carbocycles. The van der Waals surface area contributed by atoms with Crippen molar-refractivity contribution < 1.29 is 14.3 Å². The zero-order chi connectivity index (χ0) is 15.3. The van der Waals surface area contributed by atoms with Crippen molar-refractivity contribution in [1.29, 1.82) is 0 Å². The molecule has 20 heavy (non-hydrogen) atoms. The van der Waals surface area contributed by atoms with Gasteiger partial charge >= 0.3 is 0 Å². The maximum Gasteiger partial charge on any atom is 0.243 e. The zero-order valence-electron chi connectivity index (χ0n) is 12.0. The summed E-state index contributed by atoms with van der Waals surface area (Å²) in [5.41, 5.74) is 0.0229. The minimum Gasteiger partial charge on any atom is -0.495 e. The molecule has 1 aromatic rings. The second-order valence-corrected chi connectivity index (χ2v) is 5.74. The topological polar surface area (TPSA) is 67.4 Å². The smallest absolute Gasteiger partial charge is 0.243 e. The van der Waals surface area contributed by atoms with E-state index in [0.29, 0.717) is 16.5 Å². The van der Waals surface area contributed by atoms with Crippen molar-refractivity contribution in [3.8, 4) is 5.75 Å². The van der Waals surface area contributed by atoms with Crippen LogP contribution < -0.4 is 15.4 Å². The van der Waals surface area contributed by atoms with Gasteiger partial charge in [0.25, 0.3) is 0 Å². The van der Waals surface area contributed by atoms with E-state index < -0.39 is 5.41 Å². The van der Waals surface area contributed by atoms with Crippen LogP contribution in [0.15, 0.2) is 18.2 Å². The molecule has 0 fully saturated rings. The molecular weight excluding hydrogens is 280 g/mol. The number of halogens is 1. The van der Waals surface area contributed by atoms with E-state index in [4.69, 9.17) is 16.3 Å². The molecule has 110 valence electrons. The van der Waals surface area contributed by atoms with Gasteiger partial charge in [0.05, 0.1) is 18.7 Å². The Labute approximate surface area is 123 Å². The summed E-state index contributed by atoms with van der Waals surface area (Å²) in [6.45, 7) is 5.26. The molecule has 0 bridgehead atoms. The fourth-order valence-corrected chi connectivity index (χ4v) is 1.63. The summed E-state index contributed by atoms with van der Waals surface area (Å²) in [6, 6.07) is 4.92. The Kier molecular flexibility index (Phi) is 5.39. The second kappa shape index (κ2) is 6.61. The van der Waals surface area contributed by atoms with E-state index in [1.807, 2.05) is 0 Å². The molecule has 0 heterocycles. The molecule has 1 rings (SSSR count). The molecule has 2 amide bonds. The zero-order valence-corrected chi connectivity index (χ0v) is 12.8. The largest absolute Gasteiger partial charge is 0.495 e. The number of anilines is 1. The number of carbonyl (C=O) groups excluding carboxylic acids is 2. The fourth-order valence-electron chi connectivity index (χ4n) is 1.38. The molecule has 0 aliphatic carbocycles. The molecule has 0 aliphatic heterocycles. The van der Waals surface area contributed by atoms with Crippen molar-refractivity contribution in [3.05, 3.63) is 23.2 Å². The summed E-state index contributed by atoms with van der Waals surface area (Å²) in [7, 11) is 1.52. The normalized spacial score (nSPS) is 10.8. The quantitative estimate of drug-likeness (QED) is 0.897. The van der Waals surface area contributed by atoms with Gasteiger partial charge in [0.1, 0.15) is 5.75 Å². The first-order valence-corrected chi connectivity index (χ1v) is 6.53. The van der Waals surface area contributed by atoms with Gasteiger partial charge in [-0.2, -0.15) is 0 Å². The van der Waals surface area contributed by atoms with E-state index >= 15 is 0 Å². The molecule has 0 unspecified atom stereocenters.